The summed E-state index contributed by atoms with van der Waals surface area (Å²) in [5, 5.41) is 0.847. The summed E-state index contributed by atoms with van der Waals surface area (Å²) in [4.78, 5) is 19.8. The van der Waals surface area contributed by atoms with Crippen molar-refractivity contribution in [1.29, 1.82) is 0 Å². The van der Waals surface area contributed by atoms with Crippen LogP contribution < -0.4 is 9.62 Å². The number of halogens is 1. The third-order valence-electron chi connectivity index (χ3n) is 5.39. The van der Waals surface area contributed by atoms with E-state index in [9.17, 15) is 13.4 Å². The molecule has 1 aliphatic heterocycles. The first kappa shape index (κ1) is 22.5. The summed E-state index contributed by atoms with van der Waals surface area (Å²) < 4.78 is 41.4. The minimum absolute atomic E-state index is 0.265. The number of nitrogens with zero attached hydrogens (tertiary/aromatic N) is 2. The van der Waals surface area contributed by atoms with Gasteiger partial charge < -0.3 is 9.64 Å². The molecule has 0 bridgehead atoms. The number of ether oxygens (including phenoxy) is 1. The van der Waals surface area contributed by atoms with Gasteiger partial charge in [0.1, 0.15) is 5.82 Å². The predicted molar refractivity (Wildman–Crippen MR) is 122 cm³/mol. The Morgan fingerprint density at radius 3 is 2.75 bits per heavy atom. The molecule has 0 aliphatic carbocycles. The summed E-state index contributed by atoms with van der Waals surface area (Å²) >= 11 is -2.07. The largest absolute Gasteiger partial charge is 0.378 e. The van der Waals surface area contributed by atoms with E-state index < -0.39 is 17.1 Å². The Labute approximate surface area is 188 Å². The maximum absolute atomic E-state index is 14.2. The first-order chi connectivity index (χ1) is 15.5. The van der Waals surface area contributed by atoms with Crippen LogP contribution in [0.15, 0.2) is 48.7 Å². The number of benzene rings is 2. The van der Waals surface area contributed by atoms with Crippen LogP contribution in [-0.4, -0.2) is 52.4 Å². The highest BCUT2D eigenvalue weighted by Crippen LogP contribution is 2.23. The van der Waals surface area contributed by atoms with E-state index in [4.69, 9.17) is 9.29 Å². The van der Waals surface area contributed by atoms with Crippen molar-refractivity contribution in [1.82, 2.24) is 9.71 Å². The zero-order valence-electron chi connectivity index (χ0n) is 17.4. The molecule has 2 N–H and O–H groups in total. The first-order valence-electron chi connectivity index (χ1n) is 10.4. The van der Waals surface area contributed by atoms with Crippen molar-refractivity contribution in [3.8, 4) is 0 Å². The molecule has 9 heteroatoms. The fourth-order valence-electron chi connectivity index (χ4n) is 3.80. The molecule has 3 aromatic rings. The van der Waals surface area contributed by atoms with Gasteiger partial charge in [-0.3, -0.25) is 14.3 Å². The van der Waals surface area contributed by atoms with Gasteiger partial charge in [0.05, 0.1) is 30.6 Å². The molecule has 1 atom stereocenters. The van der Waals surface area contributed by atoms with Crippen LogP contribution in [0, 0.1) is 5.82 Å². The Hall–Kier alpha value is -2.72. The summed E-state index contributed by atoms with van der Waals surface area (Å²) in [6.07, 6.45) is 2.84. The van der Waals surface area contributed by atoms with Crippen LogP contribution in [0.2, 0.25) is 0 Å². The number of aromatic nitrogens is 1. The van der Waals surface area contributed by atoms with Crippen LogP contribution in [-0.2, 0) is 22.4 Å². The van der Waals surface area contributed by atoms with E-state index in [1.807, 2.05) is 12.3 Å². The van der Waals surface area contributed by atoms with Gasteiger partial charge in [-0.1, -0.05) is 0 Å². The van der Waals surface area contributed by atoms with Crippen LogP contribution in [0.25, 0.3) is 10.9 Å². The third-order valence-corrected chi connectivity index (χ3v) is 5.84. The van der Waals surface area contributed by atoms with Gasteiger partial charge in [-0.15, -0.1) is 0 Å². The standard InChI is InChI=1S/C23H24FN3O4S/c24-20-11-16(2-1-5-26-32(29)30)10-19(13-20)23(28)17-3-4-22-18(12-17)14-21(15-25-22)27-6-8-31-9-7-27/h3-4,10-15,26H,1-2,5-9H2,(H,29,30). The lowest BCUT2D eigenvalue weighted by Gasteiger charge is -2.28. The number of morpholine rings is 1. The minimum atomic E-state index is -2.07. The van der Waals surface area contributed by atoms with Crippen molar-refractivity contribution in [3.63, 3.8) is 0 Å². The minimum Gasteiger partial charge on any atom is -0.378 e. The Morgan fingerprint density at radius 1 is 1.16 bits per heavy atom. The van der Waals surface area contributed by atoms with E-state index in [0.29, 0.717) is 43.7 Å². The maximum Gasteiger partial charge on any atom is 0.231 e. The van der Waals surface area contributed by atoms with Gasteiger partial charge in [0, 0.05) is 36.1 Å². The van der Waals surface area contributed by atoms with Gasteiger partial charge in [-0.05, 0) is 60.9 Å². The zero-order valence-corrected chi connectivity index (χ0v) is 18.2. The van der Waals surface area contributed by atoms with Gasteiger partial charge in [0.25, 0.3) is 0 Å². The van der Waals surface area contributed by atoms with Crippen LogP contribution in [0.4, 0.5) is 10.1 Å². The molecule has 1 fully saturated rings. The van der Waals surface area contributed by atoms with Crippen molar-refractivity contribution in [2.75, 3.05) is 37.7 Å². The average Bonchev–Trinajstić information content (AvgIpc) is 2.81. The van der Waals surface area contributed by atoms with Crippen molar-refractivity contribution < 1.29 is 22.7 Å². The molecule has 1 aromatic heterocycles. The topological polar surface area (TPSA) is 91.8 Å². The molecule has 0 spiro atoms. The van der Waals surface area contributed by atoms with Gasteiger partial charge in [-0.25, -0.2) is 13.3 Å². The number of ketones is 1. The molecule has 168 valence electrons. The first-order valence-corrected chi connectivity index (χ1v) is 11.5. The van der Waals surface area contributed by atoms with E-state index in [-0.39, 0.29) is 11.3 Å². The van der Waals surface area contributed by atoms with Crippen molar-refractivity contribution in [2.24, 2.45) is 0 Å². The van der Waals surface area contributed by atoms with E-state index in [1.165, 1.54) is 12.1 Å². The number of aryl methyl sites for hydroxylation is 1. The Balaban J connectivity index is 1.55. The SMILES string of the molecule is O=C(c1cc(F)cc(CCCNS(=O)O)c1)c1ccc2ncc(N3CCOCC3)cc2c1. The molecule has 0 amide bonds. The van der Waals surface area contributed by atoms with Crippen molar-refractivity contribution >= 4 is 33.6 Å². The summed E-state index contributed by atoms with van der Waals surface area (Å²) in [7, 11) is 0. The lowest BCUT2D eigenvalue weighted by Crippen LogP contribution is -2.36. The molecule has 2 aromatic carbocycles. The Kier molecular flexibility index (Phi) is 7.21. The lowest BCUT2D eigenvalue weighted by molar-refractivity contribution is 0.103. The van der Waals surface area contributed by atoms with Crippen LogP contribution in [0.1, 0.15) is 27.9 Å². The lowest BCUT2D eigenvalue weighted by atomic mass is 9.98. The number of fused-ring (bicyclic) bond motifs is 1. The third kappa shape index (κ3) is 5.55. The molecule has 32 heavy (non-hydrogen) atoms. The molecule has 0 radical (unpaired) electrons. The highest BCUT2D eigenvalue weighted by Gasteiger charge is 2.15. The Bertz CT molecular complexity index is 1150. The molecule has 7 nitrogen and oxygen atoms in total. The van der Waals surface area contributed by atoms with Crippen LogP contribution in [0.3, 0.4) is 0 Å². The summed E-state index contributed by atoms with van der Waals surface area (Å²) in [5.41, 5.74) is 3.17. The number of hydrogen-bond acceptors (Lipinski definition) is 5. The Morgan fingerprint density at radius 2 is 1.97 bits per heavy atom. The number of anilines is 1. The maximum atomic E-state index is 14.2. The van der Waals surface area contributed by atoms with Gasteiger partial charge in [-0.2, -0.15) is 0 Å². The highest BCUT2D eigenvalue weighted by molar-refractivity contribution is 7.77. The van der Waals surface area contributed by atoms with E-state index in [2.05, 4.69) is 14.6 Å². The van der Waals surface area contributed by atoms with Crippen LogP contribution in [0.5, 0.6) is 0 Å². The van der Waals surface area contributed by atoms with Gasteiger partial charge in [0.15, 0.2) is 5.78 Å². The monoisotopic (exact) mass is 457 g/mol. The fraction of sp³-hybridized carbons (Fsp3) is 0.304. The van der Waals surface area contributed by atoms with E-state index >= 15 is 0 Å². The summed E-state index contributed by atoms with van der Waals surface area (Å²) in [6, 6.07) is 11.6. The second kappa shape index (κ2) is 10.3. The number of nitrogens with one attached hydrogen (secondary N) is 1. The van der Waals surface area contributed by atoms with Gasteiger partial charge >= 0.3 is 0 Å². The number of rotatable bonds is 8. The van der Waals surface area contributed by atoms with E-state index in [1.54, 1.807) is 24.3 Å². The fourth-order valence-corrected chi connectivity index (χ4v) is 4.12. The van der Waals surface area contributed by atoms with Crippen molar-refractivity contribution in [3.05, 3.63) is 71.2 Å². The van der Waals surface area contributed by atoms with Crippen molar-refractivity contribution in [2.45, 2.75) is 12.8 Å². The second-order valence-corrected chi connectivity index (χ2v) is 8.41. The number of hydrogen-bond donors (Lipinski definition) is 2. The summed E-state index contributed by atoms with van der Waals surface area (Å²) in [5.74, 6) is -0.749. The molecule has 2 heterocycles. The molecule has 1 aliphatic rings. The highest BCUT2D eigenvalue weighted by atomic mass is 32.2. The molecule has 1 saturated heterocycles. The zero-order chi connectivity index (χ0) is 22.5. The quantitative estimate of drug-likeness (QED) is 0.307. The predicted octanol–water partition coefficient (Wildman–Crippen LogP) is 3.10. The molecule has 1 unspecified atom stereocenters. The van der Waals surface area contributed by atoms with E-state index in [0.717, 1.165) is 29.7 Å². The average molecular weight is 458 g/mol. The smallest absolute Gasteiger partial charge is 0.231 e. The number of carbonyl (C=O) groups is 1. The molecular weight excluding hydrogens is 433 g/mol. The molecule has 4 rings (SSSR count). The number of carbonyl (C=O) groups excluding carboxylic acids is 1. The molecule has 0 saturated carbocycles. The summed E-state index contributed by atoms with van der Waals surface area (Å²) in [6.45, 7) is 3.24. The molecular formula is C23H24FN3O4S. The normalized spacial score (nSPS) is 15.1. The second-order valence-electron chi connectivity index (χ2n) is 7.62. The van der Waals surface area contributed by atoms with Crippen LogP contribution >= 0.6 is 0 Å². The van der Waals surface area contributed by atoms with Gasteiger partial charge in [0.2, 0.25) is 11.3 Å². The number of pyridine rings is 1.